The molecule has 1 heterocycles. The van der Waals surface area contributed by atoms with Crippen molar-refractivity contribution in [2.45, 2.75) is 6.92 Å². The first-order valence-electron chi connectivity index (χ1n) is 4.82. The van der Waals surface area contributed by atoms with E-state index < -0.39 is 0 Å². The lowest BCUT2D eigenvalue weighted by Crippen LogP contribution is -1.88. The Bertz CT molecular complexity index is 478. The maximum Gasteiger partial charge on any atom is 0.101 e. The first-order chi connectivity index (χ1) is 7.33. The molecule has 0 saturated carbocycles. The second kappa shape index (κ2) is 4.37. The first kappa shape index (κ1) is 10.1. The molecule has 0 radical (unpaired) electrons. The molecule has 0 unspecified atom stereocenters. The molecule has 74 valence electrons. The number of aryl methyl sites for hydroxylation is 1. The SMILES string of the molecule is Cc1ccccc1/C(C#N)=C1\C=CCS1. The summed E-state index contributed by atoms with van der Waals surface area (Å²) < 4.78 is 0. The van der Waals surface area contributed by atoms with Crippen molar-refractivity contribution in [1.29, 1.82) is 5.26 Å². The molecule has 1 aromatic carbocycles. The summed E-state index contributed by atoms with van der Waals surface area (Å²) in [5.74, 6) is 0.979. The molecule has 0 aromatic heterocycles. The van der Waals surface area contributed by atoms with Crippen molar-refractivity contribution in [2.75, 3.05) is 5.75 Å². The van der Waals surface area contributed by atoms with E-state index in [2.05, 4.69) is 12.1 Å². The Hall–Kier alpha value is -1.46. The zero-order chi connectivity index (χ0) is 10.7. The van der Waals surface area contributed by atoms with Gasteiger partial charge in [-0.3, -0.25) is 0 Å². The number of thioether (sulfide) groups is 1. The third-order valence-corrected chi connectivity index (χ3v) is 3.39. The molecule has 0 saturated heterocycles. The van der Waals surface area contributed by atoms with Crippen molar-refractivity contribution < 1.29 is 0 Å². The third-order valence-electron chi connectivity index (χ3n) is 2.38. The summed E-state index contributed by atoms with van der Waals surface area (Å²) in [5, 5.41) is 9.21. The third kappa shape index (κ3) is 1.98. The monoisotopic (exact) mass is 213 g/mol. The van der Waals surface area contributed by atoms with Gasteiger partial charge in [-0.05, 0) is 18.1 Å². The summed E-state index contributed by atoms with van der Waals surface area (Å²) in [5.41, 5.74) is 3.00. The summed E-state index contributed by atoms with van der Waals surface area (Å²) in [6.45, 7) is 2.04. The van der Waals surface area contributed by atoms with Gasteiger partial charge in [0.25, 0.3) is 0 Å². The van der Waals surface area contributed by atoms with E-state index in [0.717, 1.165) is 27.4 Å². The Labute approximate surface area is 94.1 Å². The largest absolute Gasteiger partial charge is 0.192 e. The number of hydrogen-bond acceptors (Lipinski definition) is 2. The number of rotatable bonds is 1. The van der Waals surface area contributed by atoms with E-state index in [9.17, 15) is 5.26 Å². The second-order valence-corrected chi connectivity index (χ2v) is 4.44. The number of allylic oxidation sites excluding steroid dienone is 2. The minimum atomic E-state index is 0.798. The van der Waals surface area contributed by atoms with Gasteiger partial charge in [-0.1, -0.05) is 36.4 Å². The smallest absolute Gasteiger partial charge is 0.101 e. The van der Waals surface area contributed by atoms with Crippen LogP contribution in [0.4, 0.5) is 0 Å². The zero-order valence-corrected chi connectivity index (χ0v) is 9.34. The van der Waals surface area contributed by atoms with Crippen LogP contribution in [0, 0.1) is 18.3 Å². The molecule has 0 spiro atoms. The quantitative estimate of drug-likeness (QED) is 0.666. The van der Waals surface area contributed by atoms with Gasteiger partial charge >= 0.3 is 0 Å². The molecular formula is C13H11NS. The van der Waals surface area contributed by atoms with Crippen LogP contribution in [-0.4, -0.2) is 5.75 Å². The average Bonchev–Trinajstić information content (AvgIpc) is 2.75. The van der Waals surface area contributed by atoms with E-state index in [4.69, 9.17) is 0 Å². The highest BCUT2D eigenvalue weighted by molar-refractivity contribution is 8.03. The van der Waals surface area contributed by atoms with Gasteiger partial charge in [0, 0.05) is 10.7 Å². The van der Waals surface area contributed by atoms with Crippen LogP contribution in [0.1, 0.15) is 11.1 Å². The Morgan fingerprint density at radius 2 is 2.20 bits per heavy atom. The van der Waals surface area contributed by atoms with Gasteiger partial charge in [0.05, 0.1) is 5.57 Å². The standard InChI is InChI=1S/C13H11NS/c1-10-5-2-3-6-11(10)12(9-14)13-7-4-8-15-13/h2-7H,8H2,1H3/b13-12+. The second-order valence-electron chi connectivity index (χ2n) is 3.38. The Balaban J connectivity index is 2.54. The van der Waals surface area contributed by atoms with Crippen LogP contribution in [-0.2, 0) is 0 Å². The van der Waals surface area contributed by atoms with Gasteiger partial charge in [-0.15, -0.1) is 11.8 Å². The van der Waals surface area contributed by atoms with Crippen molar-refractivity contribution in [2.24, 2.45) is 0 Å². The predicted octanol–water partition coefficient (Wildman–Crippen LogP) is 3.53. The van der Waals surface area contributed by atoms with E-state index in [1.165, 1.54) is 0 Å². The van der Waals surface area contributed by atoms with Crippen molar-refractivity contribution in [3.05, 3.63) is 52.4 Å². The van der Waals surface area contributed by atoms with E-state index in [0.29, 0.717) is 0 Å². The molecule has 2 heteroatoms. The highest BCUT2D eigenvalue weighted by Crippen LogP contribution is 2.32. The Morgan fingerprint density at radius 3 is 2.80 bits per heavy atom. The number of hydrogen-bond donors (Lipinski definition) is 0. The Morgan fingerprint density at radius 1 is 1.40 bits per heavy atom. The van der Waals surface area contributed by atoms with Crippen LogP contribution in [0.5, 0.6) is 0 Å². The highest BCUT2D eigenvalue weighted by atomic mass is 32.2. The predicted molar refractivity (Wildman–Crippen MR) is 65.3 cm³/mol. The molecule has 2 rings (SSSR count). The highest BCUT2D eigenvalue weighted by Gasteiger charge is 2.11. The maximum atomic E-state index is 9.21. The maximum absolute atomic E-state index is 9.21. The molecule has 1 aliphatic rings. The lowest BCUT2D eigenvalue weighted by Gasteiger charge is -2.05. The summed E-state index contributed by atoms with van der Waals surface area (Å²) in [4.78, 5) is 1.09. The summed E-state index contributed by atoms with van der Waals surface area (Å²) >= 11 is 1.72. The van der Waals surface area contributed by atoms with Crippen LogP contribution >= 0.6 is 11.8 Å². The van der Waals surface area contributed by atoms with Gasteiger partial charge in [-0.2, -0.15) is 5.26 Å². The molecule has 0 fully saturated rings. The van der Waals surface area contributed by atoms with Crippen LogP contribution in [0.25, 0.3) is 5.57 Å². The number of nitriles is 1. The molecule has 1 nitrogen and oxygen atoms in total. The molecule has 1 aromatic rings. The average molecular weight is 213 g/mol. The molecule has 0 bridgehead atoms. The zero-order valence-electron chi connectivity index (χ0n) is 8.53. The van der Waals surface area contributed by atoms with Crippen molar-refractivity contribution in [1.82, 2.24) is 0 Å². The molecule has 0 amide bonds. The van der Waals surface area contributed by atoms with Gasteiger partial charge < -0.3 is 0 Å². The lowest BCUT2D eigenvalue weighted by atomic mass is 10.0. The molecule has 1 aliphatic heterocycles. The van der Waals surface area contributed by atoms with Gasteiger partial charge in [0.2, 0.25) is 0 Å². The van der Waals surface area contributed by atoms with E-state index in [1.54, 1.807) is 11.8 Å². The first-order valence-corrected chi connectivity index (χ1v) is 5.81. The van der Waals surface area contributed by atoms with Gasteiger partial charge in [0.15, 0.2) is 0 Å². The number of nitrogens with zero attached hydrogens (tertiary/aromatic N) is 1. The molecule has 0 aliphatic carbocycles. The van der Waals surface area contributed by atoms with Crippen molar-refractivity contribution in [3.63, 3.8) is 0 Å². The van der Waals surface area contributed by atoms with Gasteiger partial charge in [-0.25, -0.2) is 0 Å². The molecule has 0 N–H and O–H groups in total. The van der Waals surface area contributed by atoms with Crippen LogP contribution in [0.3, 0.4) is 0 Å². The minimum absolute atomic E-state index is 0.798. The van der Waals surface area contributed by atoms with Crippen LogP contribution in [0.15, 0.2) is 41.3 Å². The van der Waals surface area contributed by atoms with Crippen LogP contribution in [0.2, 0.25) is 0 Å². The van der Waals surface area contributed by atoms with E-state index in [-0.39, 0.29) is 0 Å². The van der Waals surface area contributed by atoms with Crippen molar-refractivity contribution in [3.8, 4) is 6.07 Å². The topological polar surface area (TPSA) is 23.8 Å². The van der Waals surface area contributed by atoms with E-state index in [1.807, 2.05) is 37.3 Å². The molecule has 0 atom stereocenters. The fourth-order valence-corrected chi connectivity index (χ4v) is 2.46. The van der Waals surface area contributed by atoms with Gasteiger partial charge in [0.1, 0.15) is 6.07 Å². The van der Waals surface area contributed by atoms with Crippen LogP contribution < -0.4 is 0 Å². The normalized spacial score (nSPS) is 17.6. The van der Waals surface area contributed by atoms with E-state index >= 15 is 0 Å². The fraction of sp³-hybridized carbons (Fsp3) is 0.154. The number of benzene rings is 1. The van der Waals surface area contributed by atoms with Crippen molar-refractivity contribution >= 4 is 17.3 Å². The summed E-state index contributed by atoms with van der Waals surface area (Å²) in [6, 6.07) is 10.3. The summed E-state index contributed by atoms with van der Waals surface area (Å²) in [7, 11) is 0. The minimum Gasteiger partial charge on any atom is -0.192 e. The Kier molecular flexibility index (Phi) is 2.94. The fourth-order valence-electron chi connectivity index (χ4n) is 1.60. The molecular weight excluding hydrogens is 202 g/mol. The summed E-state index contributed by atoms with van der Waals surface area (Å²) in [6.07, 6.45) is 4.13. The lowest BCUT2D eigenvalue weighted by molar-refractivity contribution is 1.42. The molecule has 15 heavy (non-hydrogen) atoms.